The van der Waals surface area contributed by atoms with E-state index < -0.39 is 11.6 Å². The van der Waals surface area contributed by atoms with Gasteiger partial charge in [0, 0.05) is 31.6 Å². The van der Waals surface area contributed by atoms with Crippen LogP contribution in [0.15, 0.2) is 41.5 Å². The number of ether oxygens (including phenoxy) is 1. The van der Waals surface area contributed by atoms with E-state index in [4.69, 9.17) is 4.74 Å². The predicted molar refractivity (Wildman–Crippen MR) is 116 cm³/mol. The van der Waals surface area contributed by atoms with E-state index in [0.29, 0.717) is 23.5 Å². The number of amides is 1. The summed E-state index contributed by atoms with van der Waals surface area (Å²) in [6.07, 6.45) is 4.13. The zero-order chi connectivity index (χ0) is 22.5. The molecule has 8 heteroatoms. The first-order valence-corrected chi connectivity index (χ1v) is 9.88. The molecule has 3 rings (SSSR count). The predicted octanol–water partition coefficient (Wildman–Crippen LogP) is 2.44. The second-order valence-corrected chi connectivity index (χ2v) is 7.34. The van der Waals surface area contributed by atoms with E-state index in [1.54, 1.807) is 27.2 Å². The van der Waals surface area contributed by atoms with Crippen LogP contribution in [0.25, 0.3) is 0 Å². The molecule has 0 saturated heterocycles. The second-order valence-electron chi connectivity index (χ2n) is 7.34. The van der Waals surface area contributed by atoms with Crippen molar-refractivity contribution < 1.29 is 9.53 Å². The first kappa shape index (κ1) is 21.8. The van der Waals surface area contributed by atoms with Crippen molar-refractivity contribution in [3.05, 3.63) is 80.8 Å². The van der Waals surface area contributed by atoms with Gasteiger partial charge in [0.15, 0.2) is 0 Å². The highest BCUT2D eigenvalue weighted by atomic mass is 16.5. The Balaban J connectivity index is 1.81. The molecular formula is C23H25N5O3. The lowest BCUT2D eigenvalue weighted by Gasteiger charge is -2.20. The molecule has 1 aromatic carbocycles. The fraction of sp³-hybridized carbons (Fsp3) is 0.304. The van der Waals surface area contributed by atoms with Crippen LogP contribution in [0.5, 0.6) is 5.75 Å². The van der Waals surface area contributed by atoms with Crippen molar-refractivity contribution in [1.82, 2.24) is 19.9 Å². The van der Waals surface area contributed by atoms with Crippen LogP contribution in [-0.2, 0) is 18.3 Å². The summed E-state index contributed by atoms with van der Waals surface area (Å²) in [6.45, 7) is 3.51. The van der Waals surface area contributed by atoms with Gasteiger partial charge in [0.2, 0.25) is 5.91 Å². The lowest BCUT2D eigenvalue weighted by atomic mass is 9.98. The lowest BCUT2D eigenvalue weighted by molar-refractivity contribution is -0.121. The minimum Gasteiger partial charge on any atom is -0.497 e. The summed E-state index contributed by atoms with van der Waals surface area (Å²) in [4.78, 5) is 31.9. The van der Waals surface area contributed by atoms with E-state index in [9.17, 15) is 14.9 Å². The number of carbonyl (C=O) groups is 1. The molecule has 0 aliphatic rings. The smallest absolute Gasteiger partial charge is 0.266 e. The first-order chi connectivity index (χ1) is 14.8. The number of aromatic amines is 1. The fourth-order valence-electron chi connectivity index (χ4n) is 3.64. The van der Waals surface area contributed by atoms with Crippen LogP contribution in [0.3, 0.4) is 0 Å². The molecule has 0 aliphatic heterocycles. The summed E-state index contributed by atoms with van der Waals surface area (Å²) < 4.78 is 7.09. The first-order valence-electron chi connectivity index (χ1n) is 9.88. The van der Waals surface area contributed by atoms with E-state index in [2.05, 4.69) is 15.3 Å². The number of nitrogens with zero attached hydrogens (tertiary/aromatic N) is 3. The number of H-pyrrole nitrogens is 1. The van der Waals surface area contributed by atoms with Crippen molar-refractivity contribution in [3.63, 3.8) is 0 Å². The number of methoxy groups -OCH3 is 1. The number of pyridine rings is 1. The van der Waals surface area contributed by atoms with Crippen molar-refractivity contribution in [1.29, 1.82) is 5.26 Å². The largest absolute Gasteiger partial charge is 0.497 e. The summed E-state index contributed by atoms with van der Waals surface area (Å²) in [5.41, 5.74) is 2.67. The topological polar surface area (TPSA) is 113 Å². The Morgan fingerprint density at radius 2 is 2.03 bits per heavy atom. The Kier molecular flexibility index (Phi) is 6.55. The van der Waals surface area contributed by atoms with Crippen LogP contribution in [0.4, 0.5) is 0 Å². The summed E-state index contributed by atoms with van der Waals surface area (Å²) in [6, 6.07) is 8.99. The molecule has 2 heterocycles. The summed E-state index contributed by atoms with van der Waals surface area (Å²) in [5, 5.41) is 12.3. The molecule has 0 aliphatic carbocycles. The molecular weight excluding hydrogens is 394 g/mol. The third-order valence-corrected chi connectivity index (χ3v) is 5.39. The number of aromatic nitrogens is 3. The number of nitrogens with one attached hydrogen (secondary N) is 2. The quantitative estimate of drug-likeness (QED) is 0.611. The average molecular weight is 419 g/mol. The van der Waals surface area contributed by atoms with Crippen molar-refractivity contribution in [3.8, 4) is 11.8 Å². The van der Waals surface area contributed by atoms with Gasteiger partial charge in [-0.3, -0.25) is 9.59 Å². The van der Waals surface area contributed by atoms with Gasteiger partial charge < -0.3 is 19.6 Å². The molecule has 160 valence electrons. The molecule has 1 amide bonds. The number of aryl methyl sites for hydroxylation is 2. The van der Waals surface area contributed by atoms with Gasteiger partial charge >= 0.3 is 0 Å². The number of nitriles is 1. The number of hydrogen-bond acceptors (Lipinski definition) is 5. The van der Waals surface area contributed by atoms with Gasteiger partial charge in [0.1, 0.15) is 29.2 Å². The highest BCUT2D eigenvalue weighted by Gasteiger charge is 2.21. The molecule has 0 fully saturated rings. The molecule has 0 unspecified atom stereocenters. The van der Waals surface area contributed by atoms with E-state index in [-0.39, 0.29) is 17.9 Å². The maximum absolute atomic E-state index is 12.9. The number of rotatable bonds is 7. The zero-order valence-electron chi connectivity index (χ0n) is 18.0. The number of carbonyl (C=O) groups excluding carboxylic acids is 1. The zero-order valence-corrected chi connectivity index (χ0v) is 18.0. The van der Waals surface area contributed by atoms with E-state index >= 15 is 0 Å². The van der Waals surface area contributed by atoms with Crippen molar-refractivity contribution in [2.24, 2.45) is 7.05 Å². The second kappa shape index (κ2) is 9.30. The Morgan fingerprint density at radius 1 is 1.32 bits per heavy atom. The molecule has 2 aromatic heterocycles. The molecule has 0 spiro atoms. The van der Waals surface area contributed by atoms with Gasteiger partial charge in [0.05, 0.1) is 7.11 Å². The van der Waals surface area contributed by atoms with E-state index in [0.717, 1.165) is 16.9 Å². The molecule has 0 radical (unpaired) electrons. The van der Waals surface area contributed by atoms with Crippen LogP contribution in [-0.4, -0.2) is 27.6 Å². The van der Waals surface area contributed by atoms with Gasteiger partial charge in [0.25, 0.3) is 5.56 Å². The summed E-state index contributed by atoms with van der Waals surface area (Å²) >= 11 is 0. The Hall–Kier alpha value is -3.86. The number of hydrogen-bond donors (Lipinski definition) is 2. The summed E-state index contributed by atoms with van der Waals surface area (Å²) in [7, 11) is 3.48. The third kappa shape index (κ3) is 4.67. The van der Waals surface area contributed by atoms with Crippen LogP contribution in [0, 0.1) is 25.2 Å². The van der Waals surface area contributed by atoms with Crippen LogP contribution >= 0.6 is 0 Å². The SMILES string of the molecule is COc1ccc([C@H](NC(=O)CCc2c(C)[nH]c(=O)c(C#N)c2C)c2nccn2C)cc1. The van der Waals surface area contributed by atoms with Gasteiger partial charge in [-0.15, -0.1) is 0 Å². The number of benzene rings is 1. The maximum atomic E-state index is 12.9. The molecule has 0 saturated carbocycles. The third-order valence-electron chi connectivity index (χ3n) is 5.39. The molecule has 2 N–H and O–H groups in total. The van der Waals surface area contributed by atoms with Crippen LogP contribution < -0.4 is 15.6 Å². The molecule has 31 heavy (non-hydrogen) atoms. The van der Waals surface area contributed by atoms with Gasteiger partial charge in [-0.25, -0.2) is 4.98 Å². The number of imidazole rings is 1. The summed E-state index contributed by atoms with van der Waals surface area (Å²) in [5.74, 6) is 1.28. The van der Waals surface area contributed by atoms with Crippen LogP contribution in [0.1, 0.15) is 46.2 Å². The Bertz CT molecular complexity index is 1190. The van der Waals surface area contributed by atoms with Crippen molar-refractivity contribution >= 4 is 5.91 Å². The molecule has 8 nitrogen and oxygen atoms in total. The highest BCUT2D eigenvalue weighted by Crippen LogP contribution is 2.23. The minimum atomic E-state index is -0.425. The lowest BCUT2D eigenvalue weighted by Crippen LogP contribution is -2.31. The normalized spacial score (nSPS) is 11.6. The van der Waals surface area contributed by atoms with E-state index in [1.165, 1.54) is 0 Å². The molecule has 1 atom stereocenters. The standard InChI is InChI=1S/C23H25N5O3/c1-14-18(15(2)26-23(30)19(14)13-24)9-10-20(29)27-21(22-25-11-12-28(22)3)16-5-7-17(31-4)8-6-16/h5-8,11-12,21H,9-10H2,1-4H3,(H,26,30)(H,27,29)/t21-/m0/s1. The fourth-order valence-corrected chi connectivity index (χ4v) is 3.64. The van der Waals surface area contributed by atoms with Gasteiger partial charge in [-0.2, -0.15) is 5.26 Å². The minimum absolute atomic E-state index is 0.0881. The van der Waals surface area contributed by atoms with E-state index in [1.807, 2.05) is 48.1 Å². The molecule has 0 bridgehead atoms. The maximum Gasteiger partial charge on any atom is 0.266 e. The highest BCUT2D eigenvalue weighted by molar-refractivity contribution is 5.77. The Morgan fingerprint density at radius 3 is 2.61 bits per heavy atom. The van der Waals surface area contributed by atoms with Crippen LogP contribution in [0.2, 0.25) is 0 Å². The van der Waals surface area contributed by atoms with Gasteiger partial charge in [-0.1, -0.05) is 12.1 Å². The monoisotopic (exact) mass is 419 g/mol. The van der Waals surface area contributed by atoms with Gasteiger partial charge in [-0.05, 0) is 49.1 Å². The average Bonchev–Trinajstić information content (AvgIpc) is 3.17. The van der Waals surface area contributed by atoms with Crippen molar-refractivity contribution in [2.75, 3.05) is 7.11 Å². The van der Waals surface area contributed by atoms with Crippen molar-refractivity contribution in [2.45, 2.75) is 32.7 Å². The molecule has 3 aromatic rings. The Labute approximate surface area is 180 Å².